The lowest BCUT2D eigenvalue weighted by Crippen LogP contribution is -1.98. The van der Waals surface area contributed by atoms with E-state index in [1.807, 2.05) is 18.2 Å². The fraction of sp³-hybridized carbons (Fsp3) is 0.0833. The molecule has 5 heteroatoms. The average Bonchev–Trinajstić information content (AvgIpc) is 2.34. The number of hydrogen-bond donors (Lipinski definition) is 1. The molecule has 0 aliphatic heterocycles. The van der Waals surface area contributed by atoms with Gasteiger partial charge in [0.25, 0.3) is 0 Å². The van der Waals surface area contributed by atoms with E-state index in [1.54, 1.807) is 18.3 Å². The van der Waals surface area contributed by atoms with Gasteiger partial charge in [-0.3, -0.25) is 4.98 Å². The zero-order chi connectivity index (χ0) is 12.3. The third-order valence-corrected chi connectivity index (χ3v) is 2.92. The summed E-state index contributed by atoms with van der Waals surface area (Å²) in [4.78, 5) is 4.14. The predicted octanol–water partition coefficient (Wildman–Crippen LogP) is 3.75. The number of pyridine rings is 1. The summed E-state index contributed by atoms with van der Waals surface area (Å²) in [6, 6.07) is 9.07. The first kappa shape index (κ1) is 12.4. The van der Waals surface area contributed by atoms with Crippen molar-refractivity contribution in [1.82, 2.24) is 4.98 Å². The summed E-state index contributed by atoms with van der Waals surface area (Å²) >= 11 is 9.38. The first-order valence-corrected chi connectivity index (χ1v) is 6.14. The number of nitrogens with zero attached hydrogens (tertiary/aromatic N) is 1. The van der Waals surface area contributed by atoms with Crippen LogP contribution in [-0.4, -0.2) is 4.98 Å². The fourth-order valence-electron chi connectivity index (χ4n) is 1.28. The van der Waals surface area contributed by atoms with Crippen molar-refractivity contribution in [3.63, 3.8) is 0 Å². The van der Waals surface area contributed by atoms with Crippen molar-refractivity contribution < 1.29 is 4.74 Å². The minimum absolute atomic E-state index is 0.416. The van der Waals surface area contributed by atoms with Gasteiger partial charge in [-0.25, -0.2) is 0 Å². The highest BCUT2D eigenvalue weighted by molar-refractivity contribution is 9.10. The van der Waals surface area contributed by atoms with E-state index in [-0.39, 0.29) is 0 Å². The molecule has 1 aromatic carbocycles. The van der Waals surface area contributed by atoms with Crippen molar-refractivity contribution in [2.24, 2.45) is 5.73 Å². The van der Waals surface area contributed by atoms with Crippen LogP contribution >= 0.6 is 27.5 Å². The molecule has 0 atom stereocenters. The molecule has 0 spiro atoms. The topological polar surface area (TPSA) is 48.1 Å². The Hall–Kier alpha value is -1.10. The number of ether oxygens (including phenoxy) is 1. The first-order valence-electron chi connectivity index (χ1n) is 4.97. The van der Waals surface area contributed by atoms with Crippen molar-refractivity contribution in [3.8, 4) is 11.5 Å². The zero-order valence-corrected chi connectivity index (χ0v) is 11.2. The van der Waals surface area contributed by atoms with Crippen LogP contribution in [0.4, 0.5) is 0 Å². The van der Waals surface area contributed by atoms with E-state index in [2.05, 4.69) is 20.9 Å². The Morgan fingerprint density at radius 3 is 2.71 bits per heavy atom. The molecule has 17 heavy (non-hydrogen) atoms. The van der Waals surface area contributed by atoms with E-state index >= 15 is 0 Å². The third-order valence-electron chi connectivity index (χ3n) is 2.13. The van der Waals surface area contributed by atoms with Gasteiger partial charge in [0.1, 0.15) is 11.5 Å². The molecule has 0 aliphatic rings. The Kier molecular flexibility index (Phi) is 3.99. The largest absolute Gasteiger partial charge is 0.454 e. The zero-order valence-electron chi connectivity index (χ0n) is 8.86. The van der Waals surface area contributed by atoms with Gasteiger partial charge in [0, 0.05) is 11.0 Å². The standard InChI is InChI=1S/C12H10BrClN2O/c13-8-1-4-12(11(14)5-8)17-10-3-2-9(6-15)16-7-10/h1-5,7H,6,15H2. The van der Waals surface area contributed by atoms with E-state index in [0.29, 0.717) is 23.1 Å². The Morgan fingerprint density at radius 1 is 1.29 bits per heavy atom. The predicted molar refractivity (Wildman–Crippen MR) is 71.4 cm³/mol. The van der Waals surface area contributed by atoms with Crippen LogP contribution in [0.25, 0.3) is 0 Å². The maximum atomic E-state index is 6.04. The van der Waals surface area contributed by atoms with Crippen LogP contribution < -0.4 is 10.5 Å². The highest BCUT2D eigenvalue weighted by Crippen LogP contribution is 2.31. The number of halogens is 2. The molecule has 88 valence electrons. The summed E-state index contributed by atoms with van der Waals surface area (Å²) in [5, 5.41) is 0.544. The monoisotopic (exact) mass is 312 g/mol. The van der Waals surface area contributed by atoms with Crippen LogP contribution in [0.5, 0.6) is 11.5 Å². The molecule has 0 radical (unpaired) electrons. The molecule has 3 nitrogen and oxygen atoms in total. The summed E-state index contributed by atoms with van der Waals surface area (Å²) in [6.45, 7) is 0.416. The Labute approximate surface area is 113 Å². The van der Waals surface area contributed by atoms with Crippen LogP contribution in [0.3, 0.4) is 0 Å². The molecule has 0 saturated carbocycles. The smallest absolute Gasteiger partial charge is 0.146 e. The van der Waals surface area contributed by atoms with Crippen LogP contribution in [-0.2, 0) is 6.54 Å². The van der Waals surface area contributed by atoms with Crippen LogP contribution in [0.1, 0.15) is 5.69 Å². The molecule has 0 unspecified atom stereocenters. The highest BCUT2D eigenvalue weighted by atomic mass is 79.9. The minimum Gasteiger partial charge on any atom is -0.454 e. The minimum atomic E-state index is 0.416. The van der Waals surface area contributed by atoms with Crippen molar-refractivity contribution in [2.75, 3.05) is 0 Å². The summed E-state index contributed by atoms with van der Waals surface area (Å²) < 4.78 is 6.52. The van der Waals surface area contributed by atoms with E-state index in [9.17, 15) is 0 Å². The maximum absolute atomic E-state index is 6.04. The molecule has 0 saturated heterocycles. The quantitative estimate of drug-likeness (QED) is 0.939. The molecule has 1 heterocycles. The average molecular weight is 314 g/mol. The maximum Gasteiger partial charge on any atom is 0.146 e. The molecule has 2 rings (SSSR count). The van der Waals surface area contributed by atoms with Crippen molar-refractivity contribution in [1.29, 1.82) is 0 Å². The van der Waals surface area contributed by atoms with Crippen LogP contribution in [0.15, 0.2) is 41.0 Å². The van der Waals surface area contributed by atoms with Crippen molar-refractivity contribution in [2.45, 2.75) is 6.54 Å². The molecular formula is C12H10BrClN2O. The molecular weight excluding hydrogens is 304 g/mol. The SMILES string of the molecule is NCc1ccc(Oc2ccc(Br)cc2Cl)cn1. The third kappa shape index (κ3) is 3.19. The van der Waals surface area contributed by atoms with Crippen LogP contribution in [0.2, 0.25) is 5.02 Å². The second kappa shape index (κ2) is 5.49. The molecule has 0 bridgehead atoms. The Balaban J connectivity index is 2.19. The van der Waals surface area contributed by atoms with Gasteiger partial charge >= 0.3 is 0 Å². The first-order chi connectivity index (χ1) is 8.19. The number of aromatic nitrogens is 1. The van der Waals surface area contributed by atoms with Crippen LogP contribution in [0, 0.1) is 0 Å². The summed E-state index contributed by atoms with van der Waals surface area (Å²) in [7, 11) is 0. The van der Waals surface area contributed by atoms with Crippen molar-refractivity contribution >= 4 is 27.5 Å². The lowest BCUT2D eigenvalue weighted by Gasteiger charge is -2.07. The number of hydrogen-bond acceptors (Lipinski definition) is 3. The highest BCUT2D eigenvalue weighted by Gasteiger charge is 2.04. The molecule has 2 aromatic rings. The normalized spacial score (nSPS) is 10.3. The Morgan fingerprint density at radius 2 is 2.12 bits per heavy atom. The van der Waals surface area contributed by atoms with Gasteiger partial charge < -0.3 is 10.5 Å². The van der Waals surface area contributed by atoms with E-state index < -0.39 is 0 Å². The molecule has 0 fully saturated rings. The van der Waals surface area contributed by atoms with Gasteiger partial charge in [0.15, 0.2) is 0 Å². The number of benzene rings is 1. The van der Waals surface area contributed by atoms with Gasteiger partial charge in [0.05, 0.1) is 16.9 Å². The molecule has 0 aliphatic carbocycles. The second-order valence-electron chi connectivity index (χ2n) is 3.37. The Bertz CT molecular complexity index is 516. The summed E-state index contributed by atoms with van der Waals surface area (Å²) in [5.41, 5.74) is 6.28. The van der Waals surface area contributed by atoms with Gasteiger partial charge in [-0.2, -0.15) is 0 Å². The summed E-state index contributed by atoms with van der Waals surface area (Å²) in [5.74, 6) is 1.23. The van der Waals surface area contributed by atoms with E-state index in [0.717, 1.165) is 10.2 Å². The van der Waals surface area contributed by atoms with Crippen molar-refractivity contribution in [3.05, 3.63) is 51.7 Å². The molecule has 1 aromatic heterocycles. The number of rotatable bonds is 3. The van der Waals surface area contributed by atoms with Gasteiger partial charge in [-0.15, -0.1) is 0 Å². The van der Waals surface area contributed by atoms with Gasteiger partial charge in [-0.05, 0) is 30.3 Å². The van der Waals surface area contributed by atoms with E-state index in [1.165, 1.54) is 0 Å². The van der Waals surface area contributed by atoms with Gasteiger partial charge in [-0.1, -0.05) is 27.5 Å². The molecule has 2 N–H and O–H groups in total. The molecule has 0 amide bonds. The lowest BCUT2D eigenvalue weighted by atomic mass is 10.3. The second-order valence-corrected chi connectivity index (χ2v) is 4.69. The fourth-order valence-corrected chi connectivity index (χ4v) is 1.99. The van der Waals surface area contributed by atoms with Gasteiger partial charge in [0.2, 0.25) is 0 Å². The lowest BCUT2D eigenvalue weighted by molar-refractivity contribution is 0.480. The number of nitrogens with two attached hydrogens (primary N) is 1. The van der Waals surface area contributed by atoms with E-state index in [4.69, 9.17) is 22.1 Å². The summed E-state index contributed by atoms with van der Waals surface area (Å²) in [6.07, 6.45) is 1.63.